The van der Waals surface area contributed by atoms with Crippen LogP contribution in [0.2, 0.25) is 5.02 Å². The van der Waals surface area contributed by atoms with Crippen molar-refractivity contribution in [3.63, 3.8) is 0 Å². The Bertz CT molecular complexity index is 1410. The smallest absolute Gasteiger partial charge is 0.264 e. The number of aryl methyl sites for hydroxylation is 1. The summed E-state index contributed by atoms with van der Waals surface area (Å²) in [4.78, 5) is 29.3. The van der Waals surface area contributed by atoms with Crippen molar-refractivity contribution in [3.8, 4) is 0 Å². The van der Waals surface area contributed by atoms with Gasteiger partial charge in [0.25, 0.3) is 10.0 Å². The van der Waals surface area contributed by atoms with Gasteiger partial charge in [0.15, 0.2) is 0 Å². The number of anilines is 1. The van der Waals surface area contributed by atoms with E-state index in [4.69, 9.17) is 11.6 Å². The van der Waals surface area contributed by atoms with Crippen LogP contribution in [0, 0.1) is 6.92 Å². The Morgan fingerprint density at radius 2 is 1.56 bits per heavy atom. The molecular weight excluding hydrogens is 558 g/mol. The molecule has 0 radical (unpaired) electrons. The lowest BCUT2D eigenvalue weighted by Crippen LogP contribution is -2.54. The number of nitrogens with zero attached hydrogens (tertiary/aromatic N) is 2. The maximum absolute atomic E-state index is 14.1. The Morgan fingerprint density at radius 3 is 2.17 bits per heavy atom. The molecule has 0 saturated heterocycles. The van der Waals surface area contributed by atoms with E-state index in [1.54, 1.807) is 24.3 Å². The molecule has 0 unspecified atom stereocenters. The molecule has 1 aliphatic rings. The first-order valence-corrected chi connectivity index (χ1v) is 16.0. The SMILES string of the molecule is CC[C@H](C(=O)NC1CCCCC1)N(Cc1ccccc1)C(=O)CN(c1ccc(C)cc1)S(=O)(=O)c1ccc(Cl)cc1. The number of amides is 2. The Balaban J connectivity index is 1.68. The largest absolute Gasteiger partial charge is 0.352 e. The van der Waals surface area contributed by atoms with E-state index >= 15 is 0 Å². The Kier molecular flexibility index (Phi) is 10.5. The average Bonchev–Trinajstić information content (AvgIpc) is 2.97. The van der Waals surface area contributed by atoms with Gasteiger partial charge in [0.2, 0.25) is 11.8 Å². The molecule has 3 aromatic rings. The van der Waals surface area contributed by atoms with E-state index in [1.807, 2.05) is 44.2 Å². The fourth-order valence-corrected chi connectivity index (χ4v) is 6.76. The van der Waals surface area contributed by atoms with Crippen molar-refractivity contribution in [1.29, 1.82) is 0 Å². The predicted octanol–water partition coefficient (Wildman–Crippen LogP) is 6.10. The van der Waals surface area contributed by atoms with E-state index in [0.717, 1.165) is 41.1 Å². The summed E-state index contributed by atoms with van der Waals surface area (Å²) in [7, 11) is -4.13. The van der Waals surface area contributed by atoms with E-state index in [9.17, 15) is 18.0 Å². The second kappa shape index (κ2) is 14.0. The molecule has 0 heterocycles. The van der Waals surface area contributed by atoms with Crippen molar-refractivity contribution in [2.45, 2.75) is 75.9 Å². The monoisotopic (exact) mass is 595 g/mol. The summed E-state index contributed by atoms with van der Waals surface area (Å²) in [6, 6.07) is 21.6. The molecule has 2 amide bonds. The van der Waals surface area contributed by atoms with Crippen LogP contribution in [-0.2, 0) is 26.2 Å². The number of sulfonamides is 1. The normalized spacial score (nSPS) is 14.7. The number of carbonyl (C=O) groups excluding carboxylic acids is 2. The van der Waals surface area contributed by atoms with E-state index in [1.165, 1.54) is 35.6 Å². The van der Waals surface area contributed by atoms with Crippen LogP contribution in [0.1, 0.15) is 56.6 Å². The minimum absolute atomic E-state index is 0.0203. The molecular formula is C32H38ClN3O4S. The Morgan fingerprint density at radius 1 is 0.927 bits per heavy atom. The fourth-order valence-electron chi connectivity index (χ4n) is 5.22. The molecule has 1 atom stereocenters. The molecule has 218 valence electrons. The molecule has 0 bridgehead atoms. The maximum atomic E-state index is 14.1. The van der Waals surface area contributed by atoms with Crippen molar-refractivity contribution in [2.24, 2.45) is 0 Å². The second-order valence-corrected chi connectivity index (χ2v) is 12.9. The van der Waals surface area contributed by atoms with Gasteiger partial charge in [-0.05, 0) is 68.1 Å². The summed E-state index contributed by atoms with van der Waals surface area (Å²) in [6.45, 7) is 3.50. The molecule has 7 nitrogen and oxygen atoms in total. The van der Waals surface area contributed by atoms with Crippen LogP contribution in [0.4, 0.5) is 5.69 Å². The van der Waals surface area contributed by atoms with Gasteiger partial charge in [0.05, 0.1) is 10.6 Å². The first-order valence-electron chi connectivity index (χ1n) is 14.2. The summed E-state index contributed by atoms with van der Waals surface area (Å²) >= 11 is 6.02. The highest BCUT2D eigenvalue weighted by Gasteiger charge is 2.34. The van der Waals surface area contributed by atoms with Gasteiger partial charge < -0.3 is 10.2 Å². The van der Waals surface area contributed by atoms with Gasteiger partial charge in [-0.25, -0.2) is 8.42 Å². The number of hydrogen-bond donors (Lipinski definition) is 1. The first-order chi connectivity index (χ1) is 19.7. The van der Waals surface area contributed by atoms with Crippen LogP contribution in [0.5, 0.6) is 0 Å². The van der Waals surface area contributed by atoms with Crippen LogP contribution < -0.4 is 9.62 Å². The fraction of sp³-hybridized carbons (Fsp3) is 0.375. The van der Waals surface area contributed by atoms with Gasteiger partial charge in [-0.1, -0.05) is 85.8 Å². The number of rotatable bonds is 11. The van der Waals surface area contributed by atoms with E-state index in [0.29, 0.717) is 17.1 Å². The standard InChI is InChI=1S/C32H38ClN3O4S/c1-3-30(32(38)34-27-12-8-5-9-13-27)35(22-25-10-6-4-7-11-25)31(37)23-36(28-18-14-24(2)15-19-28)41(39,40)29-20-16-26(33)17-21-29/h4,6-7,10-11,14-21,27,30H,3,5,8-9,12-13,22-23H2,1-2H3,(H,34,38)/t30-/m1/s1. The number of nitrogens with one attached hydrogen (secondary N) is 1. The zero-order chi connectivity index (χ0) is 29.4. The number of halogens is 1. The van der Waals surface area contributed by atoms with Crippen LogP contribution in [0.3, 0.4) is 0 Å². The van der Waals surface area contributed by atoms with Crippen LogP contribution in [0.15, 0.2) is 83.8 Å². The molecule has 3 aromatic carbocycles. The van der Waals surface area contributed by atoms with Crippen molar-refractivity contribution >= 4 is 39.1 Å². The minimum atomic E-state index is -4.13. The lowest BCUT2D eigenvalue weighted by atomic mass is 9.95. The number of hydrogen-bond acceptors (Lipinski definition) is 4. The minimum Gasteiger partial charge on any atom is -0.352 e. The second-order valence-electron chi connectivity index (χ2n) is 10.6. The lowest BCUT2D eigenvalue weighted by Gasteiger charge is -2.34. The summed E-state index contributed by atoms with van der Waals surface area (Å²) in [5.74, 6) is -0.663. The highest BCUT2D eigenvalue weighted by molar-refractivity contribution is 7.92. The lowest BCUT2D eigenvalue weighted by molar-refractivity contribution is -0.140. The zero-order valence-electron chi connectivity index (χ0n) is 23.6. The van der Waals surface area contributed by atoms with Gasteiger partial charge in [-0.3, -0.25) is 13.9 Å². The van der Waals surface area contributed by atoms with Crippen molar-refractivity contribution < 1.29 is 18.0 Å². The predicted molar refractivity (Wildman–Crippen MR) is 163 cm³/mol. The molecule has 9 heteroatoms. The summed E-state index contributed by atoms with van der Waals surface area (Å²) in [6.07, 6.45) is 5.56. The Hall–Kier alpha value is -3.36. The molecule has 1 fully saturated rings. The molecule has 1 saturated carbocycles. The van der Waals surface area contributed by atoms with Crippen molar-refractivity contribution in [1.82, 2.24) is 10.2 Å². The summed E-state index contributed by atoms with van der Waals surface area (Å²) < 4.78 is 28.9. The van der Waals surface area contributed by atoms with Crippen LogP contribution in [-0.4, -0.2) is 43.8 Å². The third-order valence-electron chi connectivity index (χ3n) is 7.54. The molecule has 4 rings (SSSR count). The van der Waals surface area contributed by atoms with E-state index in [2.05, 4.69) is 5.32 Å². The van der Waals surface area contributed by atoms with Gasteiger partial charge >= 0.3 is 0 Å². The van der Waals surface area contributed by atoms with Gasteiger partial charge in [0, 0.05) is 17.6 Å². The van der Waals surface area contributed by atoms with Gasteiger partial charge in [-0.2, -0.15) is 0 Å². The van der Waals surface area contributed by atoms with Crippen molar-refractivity contribution in [3.05, 3.63) is 95.0 Å². The van der Waals surface area contributed by atoms with E-state index < -0.39 is 28.5 Å². The molecule has 0 aliphatic heterocycles. The topological polar surface area (TPSA) is 86.8 Å². The highest BCUT2D eigenvalue weighted by Crippen LogP contribution is 2.26. The molecule has 0 spiro atoms. The summed E-state index contributed by atoms with van der Waals surface area (Å²) in [5, 5.41) is 3.57. The molecule has 0 aromatic heterocycles. The maximum Gasteiger partial charge on any atom is 0.264 e. The number of benzene rings is 3. The van der Waals surface area contributed by atoms with Gasteiger partial charge in [0.1, 0.15) is 12.6 Å². The van der Waals surface area contributed by atoms with Crippen LogP contribution in [0.25, 0.3) is 0 Å². The molecule has 41 heavy (non-hydrogen) atoms. The van der Waals surface area contributed by atoms with Crippen molar-refractivity contribution in [2.75, 3.05) is 10.8 Å². The van der Waals surface area contributed by atoms with Gasteiger partial charge in [-0.15, -0.1) is 0 Å². The Labute approximate surface area is 248 Å². The highest BCUT2D eigenvalue weighted by atomic mass is 35.5. The van der Waals surface area contributed by atoms with E-state index in [-0.39, 0.29) is 23.4 Å². The molecule has 1 N–H and O–H groups in total. The average molecular weight is 596 g/mol. The van der Waals surface area contributed by atoms with Crippen LogP contribution >= 0.6 is 11.6 Å². The number of carbonyl (C=O) groups is 2. The quantitative estimate of drug-likeness (QED) is 0.290. The summed E-state index contributed by atoms with van der Waals surface area (Å²) in [5.41, 5.74) is 2.17. The first kappa shape index (κ1) is 30.6. The third-order valence-corrected chi connectivity index (χ3v) is 9.58. The third kappa shape index (κ3) is 7.89. The molecule has 1 aliphatic carbocycles. The zero-order valence-corrected chi connectivity index (χ0v) is 25.2.